The van der Waals surface area contributed by atoms with Gasteiger partial charge < -0.3 is 5.32 Å². The van der Waals surface area contributed by atoms with E-state index in [0.29, 0.717) is 16.8 Å². The minimum atomic E-state index is 0.0423. The molecule has 1 amide bonds. The van der Waals surface area contributed by atoms with Crippen LogP contribution in [0.1, 0.15) is 54.6 Å². The van der Waals surface area contributed by atoms with Crippen molar-refractivity contribution in [2.75, 3.05) is 5.75 Å². The van der Waals surface area contributed by atoms with Crippen LogP contribution in [0.5, 0.6) is 0 Å². The van der Waals surface area contributed by atoms with Crippen LogP contribution in [0, 0.1) is 0 Å². The summed E-state index contributed by atoms with van der Waals surface area (Å²) in [6.07, 6.45) is 5.54. The molecule has 0 unspecified atom stereocenters. The van der Waals surface area contributed by atoms with E-state index in [1.807, 2.05) is 35.0 Å². The van der Waals surface area contributed by atoms with Gasteiger partial charge in [0.05, 0.1) is 17.5 Å². The predicted octanol–water partition coefficient (Wildman–Crippen LogP) is 4.43. The molecule has 3 aromatic rings. The first kappa shape index (κ1) is 18.4. The molecule has 0 saturated heterocycles. The molecule has 1 saturated carbocycles. The number of amides is 1. The fourth-order valence-electron chi connectivity index (χ4n) is 4.00. The van der Waals surface area contributed by atoms with Crippen molar-refractivity contribution >= 4 is 17.7 Å². The highest BCUT2D eigenvalue weighted by molar-refractivity contribution is 7.99. The van der Waals surface area contributed by atoms with Gasteiger partial charge in [0.15, 0.2) is 0 Å². The summed E-state index contributed by atoms with van der Waals surface area (Å²) in [5.74, 6) is 1.88. The molecule has 0 bridgehead atoms. The molecule has 1 N–H and O–H groups in total. The minimum absolute atomic E-state index is 0.0423. The zero-order chi connectivity index (χ0) is 19.6. The Hall–Kier alpha value is -2.60. The largest absolute Gasteiger partial charge is 0.349 e. The van der Waals surface area contributed by atoms with Crippen LogP contribution < -0.4 is 5.32 Å². The number of hydrogen-bond donors (Lipinski definition) is 1. The first-order chi connectivity index (χ1) is 14.3. The van der Waals surface area contributed by atoms with E-state index in [2.05, 4.69) is 34.7 Å². The third-order valence-electron chi connectivity index (χ3n) is 5.59. The maximum Gasteiger partial charge on any atom is 0.230 e. The van der Waals surface area contributed by atoms with Gasteiger partial charge in [0.2, 0.25) is 11.1 Å². The standard InChI is InChI=1S/C23H24N4OS/c28-21(24-20-12-6-8-16-7-4-5-11-19(16)20)15-29-23-25-22(17-13-14-17)27(26-23)18-9-2-1-3-10-18/h1-5,7,9-11,17,20H,6,8,12-15H2,(H,24,28)/t20-/m1/s1. The topological polar surface area (TPSA) is 59.8 Å². The average molecular weight is 405 g/mol. The Morgan fingerprint density at radius 2 is 1.86 bits per heavy atom. The SMILES string of the molecule is O=C(CSc1nc(C2CC2)n(-c2ccccc2)n1)N[C@@H]1CCCc2ccccc21. The fourth-order valence-corrected chi connectivity index (χ4v) is 4.64. The Balaban J connectivity index is 1.26. The van der Waals surface area contributed by atoms with Crippen molar-refractivity contribution in [2.24, 2.45) is 0 Å². The summed E-state index contributed by atoms with van der Waals surface area (Å²) in [6, 6.07) is 18.7. The monoisotopic (exact) mass is 404 g/mol. The summed E-state index contributed by atoms with van der Waals surface area (Å²) in [5.41, 5.74) is 3.64. The van der Waals surface area contributed by atoms with Crippen molar-refractivity contribution in [3.8, 4) is 5.69 Å². The highest BCUT2D eigenvalue weighted by atomic mass is 32.2. The highest BCUT2D eigenvalue weighted by Gasteiger charge is 2.30. The van der Waals surface area contributed by atoms with E-state index in [0.717, 1.165) is 43.6 Å². The molecule has 2 aliphatic rings. The number of benzene rings is 2. The minimum Gasteiger partial charge on any atom is -0.349 e. The molecule has 1 aromatic heterocycles. The van der Waals surface area contributed by atoms with Crippen LogP contribution in [-0.2, 0) is 11.2 Å². The number of rotatable bonds is 6. The lowest BCUT2D eigenvalue weighted by Gasteiger charge is -2.26. The summed E-state index contributed by atoms with van der Waals surface area (Å²) in [6.45, 7) is 0. The second-order valence-electron chi connectivity index (χ2n) is 7.77. The normalized spacial score (nSPS) is 18.3. The van der Waals surface area contributed by atoms with Crippen LogP contribution in [-0.4, -0.2) is 26.4 Å². The number of aromatic nitrogens is 3. The van der Waals surface area contributed by atoms with Gasteiger partial charge in [-0.2, -0.15) is 0 Å². The third kappa shape index (κ3) is 4.08. The number of hydrogen-bond acceptors (Lipinski definition) is 4. The van der Waals surface area contributed by atoms with Gasteiger partial charge in [0.1, 0.15) is 5.82 Å². The van der Waals surface area contributed by atoms with E-state index < -0.39 is 0 Å². The Bertz CT molecular complexity index is 1010. The molecule has 6 heteroatoms. The molecular weight excluding hydrogens is 380 g/mol. The van der Waals surface area contributed by atoms with Crippen LogP contribution in [0.4, 0.5) is 0 Å². The first-order valence-electron chi connectivity index (χ1n) is 10.3. The molecule has 148 valence electrons. The van der Waals surface area contributed by atoms with Crippen LogP contribution in [0.15, 0.2) is 59.8 Å². The van der Waals surface area contributed by atoms with E-state index in [9.17, 15) is 4.79 Å². The van der Waals surface area contributed by atoms with Crippen molar-refractivity contribution in [1.29, 1.82) is 0 Å². The molecule has 0 aliphatic heterocycles. The predicted molar refractivity (Wildman–Crippen MR) is 114 cm³/mol. The number of carbonyl (C=O) groups excluding carboxylic acids is 1. The molecule has 1 atom stereocenters. The summed E-state index contributed by atoms with van der Waals surface area (Å²) in [4.78, 5) is 17.3. The van der Waals surface area contributed by atoms with E-state index in [1.54, 1.807) is 0 Å². The van der Waals surface area contributed by atoms with Crippen molar-refractivity contribution < 1.29 is 4.79 Å². The summed E-state index contributed by atoms with van der Waals surface area (Å²) in [5, 5.41) is 8.57. The molecule has 0 spiro atoms. The summed E-state index contributed by atoms with van der Waals surface area (Å²) >= 11 is 1.42. The first-order valence-corrected chi connectivity index (χ1v) is 11.3. The van der Waals surface area contributed by atoms with Crippen molar-refractivity contribution in [1.82, 2.24) is 20.1 Å². The molecule has 5 rings (SSSR count). The number of carbonyl (C=O) groups is 1. The van der Waals surface area contributed by atoms with Crippen LogP contribution in [0.3, 0.4) is 0 Å². The van der Waals surface area contributed by atoms with Crippen molar-refractivity contribution in [3.05, 3.63) is 71.5 Å². The Labute approximate surface area is 174 Å². The average Bonchev–Trinajstić information content (AvgIpc) is 3.52. The molecular formula is C23H24N4OS. The number of fused-ring (bicyclic) bond motifs is 1. The number of aryl methyl sites for hydroxylation is 1. The van der Waals surface area contributed by atoms with E-state index in [-0.39, 0.29) is 11.9 Å². The van der Waals surface area contributed by atoms with Crippen LogP contribution in [0.25, 0.3) is 5.69 Å². The molecule has 5 nitrogen and oxygen atoms in total. The molecule has 29 heavy (non-hydrogen) atoms. The number of nitrogens with one attached hydrogen (secondary N) is 1. The van der Waals surface area contributed by atoms with Gasteiger partial charge in [-0.15, -0.1) is 5.10 Å². The molecule has 2 aliphatic carbocycles. The van der Waals surface area contributed by atoms with Crippen LogP contribution >= 0.6 is 11.8 Å². The van der Waals surface area contributed by atoms with Gasteiger partial charge in [-0.1, -0.05) is 54.2 Å². The summed E-state index contributed by atoms with van der Waals surface area (Å²) < 4.78 is 1.94. The fraction of sp³-hybridized carbons (Fsp3) is 0.348. The molecule has 2 aromatic carbocycles. The third-order valence-corrected chi connectivity index (χ3v) is 6.43. The quantitative estimate of drug-likeness (QED) is 0.618. The van der Waals surface area contributed by atoms with Crippen LogP contribution in [0.2, 0.25) is 0 Å². The van der Waals surface area contributed by atoms with Crippen molar-refractivity contribution in [3.63, 3.8) is 0 Å². The number of para-hydroxylation sites is 1. The van der Waals surface area contributed by atoms with E-state index in [1.165, 1.54) is 22.9 Å². The Morgan fingerprint density at radius 1 is 1.07 bits per heavy atom. The van der Waals surface area contributed by atoms with Crippen molar-refractivity contribution in [2.45, 2.75) is 49.2 Å². The zero-order valence-electron chi connectivity index (χ0n) is 16.3. The molecule has 1 heterocycles. The van der Waals surface area contributed by atoms with Gasteiger partial charge in [-0.05, 0) is 55.4 Å². The van der Waals surface area contributed by atoms with Gasteiger partial charge >= 0.3 is 0 Å². The zero-order valence-corrected chi connectivity index (χ0v) is 17.1. The highest BCUT2D eigenvalue weighted by Crippen LogP contribution is 2.40. The summed E-state index contributed by atoms with van der Waals surface area (Å²) in [7, 11) is 0. The number of nitrogens with zero attached hydrogens (tertiary/aromatic N) is 3. The van der Waals surface area contributed by atoms with Gasteiger partial charge in [-0.3, -0.25) is 4.79 Å². The molecule has 1 fully saturated rings. The second-order valence-corrected chi connectivity index (χ2v) is 8.72. The smallest absolute Gasteiger partial charge is 0.230 e. The second kappa shape index (κ2) is 8.03. The Kier molecular flexibility index (Phi) is 5.10. The lowest BCUT2D eigenvalue weighted by atomic mass is 9.88. The van der Waals surface area contributed by atoms with Gasteiger partial charge in [0.25, 0.3) is 0 Å². The van der Waals surface area contributed by atoms with Gasteiger partial charge in [0, 0.05) is 5.92 Å². The maximum absolute atomic E-state index is 12.6. The van der Waals surface area contributed by atoms with E-state index >= 15 is 0 Å². The lowest BCUT2D eigenvalue weighted by Crippen LogP contribution is -2.32. The Morgan fingerprint density at radius 3 is 2.69 bits per heavy atom. The lowest BCUT2D eigenvalue weighted by molar-refractivity contribution is -0.119. The molecule has 0 radical (unpaired) electrons. The van der Waals surface area contributed by atoms with Gasteiger partial charge in [-0.25, -0.2) is 9.67 Å². The maximum atomic E-state index is 12.6. The number of thioether (sulfide) groups is 1. The van der Waals surface area contributed by atoms with E-state index in [4.69, 9.17) is 4.98 Å².